The average molecular weight is 520 g/mol. The van der Waals surface area contributed by atoms with Crippen LogP contribution in [0.5, 0.6) is 0 Å². The highest BCUT2D eigenvalue weighted by atomic mass is 32.1. The highest BCUT2D eigenvalue weighted by Crippen LogP contribution is 2.33. The zero-order chi connectivity index (χ0) is 25.4. The second-order valence-corrected chi connectivity index (χ2v) is 9.73. The summed E-state index contributed by atoms with van der Waals surface area (Å²) in [7, 11) is 0. The minimum absolute atomic E-state index is 0.209. The second kappa shape index (κ2) is 9.45. The first-order valence-electron chi connectivity index (χ1n) is 11.3. The van der Waals surface area contributed by atoms with E-state index in [9.17, 15) is 22.4 Å². The molecule has 188 valence electrons. The molecule has 1 fully saturated rings. The van der Waals surface area contributed by atoms with Crippen LogP contribution in [0.1, 0.15) is 52.5 Å². The van der Waals surface area contributed by atoms with Crippen LogP contribution in [0.2, 0.25) is 0 Å². The van der Waals surface area contributed by atoms with Gasteiger partial charge in [0.15, 0.2) is 5.01 Å². The van der Waals surface area contributed by atoms with Crippen molar-refractivity contribution in [1.29, 1.82) is 0 Å². The summed E-state index contributed by atoms with van der Waals surface area (Å²) in [5, 5.41) is 8.96. The Hall–Kier alpha value is -3.61. The molecule has 1 aliphatic carbocycles. The average Bonchev–Trinajstić information content (AvgIpc) is 3.44. The van der Waals surface area contributed by atoms with Crippen LogP contribution in [0.4, 0.5) is 29.1 Å². The van der Waals surface area contributed by atoms with Crippen molar-refractivity contribution in [1.82, 2.24) is 24.7 Å². The number of thiazole rings is 1. The first-order chi connectivity index (χ1) is 17.2. The van der Waals surface area contributed by atoms with Crippen LogP contribution in [-0.2, 0) is 12.7 Å². The molecule has 13 heteroatoms. The number of benzene rings is 1. The lowest BCUT2D eigenvalue weighted by Gasteiger charge is -2.24. The van der Waals surface area contributed by atoms with E-state index in [0.29, 0.717) is 22.9 Å². The summed E-state index contributed by atoms with van der Waals surface area (Å²) in [6.07, 6.45) is 3.28. The zero-order valence-corrected chi connectivity index (χ0v) is 19.8. The maximum Gasteiger partial charge on any atom is 0.443 e. The molecule has 3 aromatic heterocycles. The number of hydrogen-bond acceptors (Lipinski definition) is 7. The van der Waals surface area contributed by atoms with Crippen LogP contribution >= 0.6 is 11.3 Å². The van der Waals surface area contributed by atoms with E-state index in [0.717, 1.165) is 12.7 Å². The van der Waals surface area contributed by atoms with Crippen molar-refractivity contribution in [2.24, 2.45) is 5.92 Å². The molecule has 1 aromatic carbocycles. The lowest BCUT2D eigenvalue weighted by molar-refractivity contribution is -0.137. The molecule has 1 amide bonds. The van der Waals surface area contributed by atoms with Gasteiger partial charge in [-0.05, 0) is 43.9 Å². The molecule has 0 bridgehead atoms. The molecule has 1 aliphatic rings. The van der Waals surface area contributed by atoms with E-state index < -0.39 is 29.0 Å². The fraction of sp³-hybridized carbons (Fsp3) is 0.348. The van der Waals surface area contributed by atoms with Crippen LogP contribution < -0.4 is 10.6 Å². The van der Waals surface area contributed by atoms with Gasteiger partial charge >= 0.3 is 6.18 Å². The summed E-state index contributed by atoms with van der Waals surface area (Å²) >= 11 is 0.235. The fourth-order valence-electron chi connectivity index (χ4n) is 3.90. The second-order valence-electron chi connectivity index (χ2n) is 8.70. The number of carbonyl (C=O) groups excluding carboxylic acids is 1. The van der Waals surface area contributed by atoms with Crippen LogP contribution in [0, 0.1) is 11.7 Å². The molecule has 1 atom stereocenters. The molecular weight excluding hydrogens is 498 g/mol. The lowest BCUT2D eigenvalue weighted by Crippen LogP contribution is -2.18. The smallest absolute Gasteiger partial charge is 0.362 e. The van der Waals surface area contributed by atoms with Gasteiger partial charge in [-0.3, -0.25) is 9.48 Å². The first kappa shape index (κ1) is 24.1. The molecule has 3 heterocycles. The summed E-state index contributed by atoms with van der Waals surface area (Å²) in [5.41, 5.74) is 1.60. The summed E-state index contributed by atoms with van der Waals surface area (Å²) in [6.45, 7) is 2.55. The zero-order valence-electron chi connectivity index (χ0n) is 19.0. The number of nitrogens with zero attached hydrogens (tertiary/aromatic N) is 5. The Balaban J connectivity index is 1.28. The summed E-state index contributed by atoms with van der Waals surface area (Å²) in [6, 6.07) is 3.35. The van der Waals surface area contributed by atoms with E-state index in [-0.39, 0.29) is 27.5 Å². The van der Waals surface area contributed by atoms with Gasteiger partial charge in [-0.25, -0.2) is 19.3 Å². The number of hydrogen-bond donors (Lipinski definition) is 2. The van der Waals surface area contributed by atoms with Gasteiger partial charge in [-0.1, -0.05) is 6.42 Å². The van der Waals surface area contributed by atoms with Gasteiger partial charge in [0, 0.05) is 17.8 Å². The third-order valence-corrected chi connectivity index (χ3v) is 7.04. The Morgan fingerprint density at radius 3 is 2.75 bits per heavy atom. The SMILES string of the molecule is C[C@H](Nc1cnc2cn(CC3CCC3)nc2n1)c1cc(NC(=O)c2cnc(C(F)(F)F)s2)ccc1F. The van der Waals surface area contributed by atoms with Crippen LogP contribution in [0.3, 0.4) is 0 Å². The molecule has 0 radical (unpaired) electrons. The highest BCUT2D eigenvalue weighted by molar-refractivity contribution is 7.13. The lowest BCUT2D eigenvalue weighted by atomic mass is 9.85. The molecule has 36 heavy (non-hydrogen) atoms. The number of nitrogens with one attached hydrogen (secondary N) is 2. The topological polar surface area (TPSA) is 97.6 Å². The third kappa shape index (κ3) is 5.15. The number of rotatable bonds is 7. The molecule has 4 aromatic rings. The largest absolute Gasteiger partial charge is 0.443 e. The summed E-state index contributed by atoms with van der Waals surface area (Å²) < 4.78 is 54.7. The minimum atomic E-state index is -4.63. The number of aromatic nitrogens is 5. The number of anilines is 2. The number of carbonyl (C=O) groups is 1. The molecule has 8 nitrogen and oxygen atoms in total. The van der Waals surface area contributed by atoms with Gasteiger partial charge < -0.3 is 10.6 Å². The molecule has 5 rings (SSSR count). The predicted octanol–water partition coefficient (Wildman–Crippen LogP) is 5.67. The normalized spacial score (nSPS) is 15.0. The minimum Gasteiger partial charge on any atom is -0.362 e. The number of halogens is 4. The number of fused-ring (bicyclic) bond motifs is 1. The van der Waals surface area contributed by atoms with Crippen molar-refractivity contribution >= 4 is 39.9 Å². The van der Waals surface area contributed by atoms with E-state index in [1.54, 1.807) is 13.1 Å². The van der Waals surface area contributed by atoms with Crippen molar-refractivity contribution < 1.29 is 22.4 Å². The van der Waals surface area contributed by atoms with Gasteiger partial charge in [-0.2, -0.15) is 18.3 Å². The third-order valence-electron chi connectivity index (χ3n) is 6.00. The highest BCUT2D eigenvalue weighted by Gasteiger charge is 2.35. The van der Waals surface area contributed by atoms with E-state index in [1.807, 2.05) is 10.9 Å². The maximum atomic E-state index is 14.6. The quantitative estimate of drug-likeness (QED) is 0.306. The van der Waals surface area contributed by atoms with E-state index in [2.05, 4.69) is 30.7 Å². The Bertz CT molecular complexity index is 1410. The monoisotopic (exact) mass is 519 g/mol. The number of amides is 1. The fourth-order valence-corrected chi connectivity index (χ4v) is 4.58. The first-order valence-corrected chi connectivity index (χ1v) is 12.1. The van der Waals surface area contributed by atoms with Gasteiger partial charge in [0.1, 0.15) is 22.0 Å². The van der Waals surface area contributed by atoms with Crippen molar-refractivity contribution in [3.63, 3.8) is 0 Å². The Labute approximate surface area is 206 Å². The van der Waals surface area contributed by atoms with Gasteiger partial charge in [0.2, 0.25) is 5.65 Å². The Morgan fingerprint density at radius 1 is 1.25 bits per heavy atom. The van der Waals surface area contributed by atoms with Crippen LogP contribution in [0.15, 0.2) is 36.8 Å². The Kier molecular flexibility index (Phi) is 6.33. The molecule has 1 saturated carbocycles. The molecule has 0 spiro atoms. The van der Waals surface area contributed by atoms with Crippen molar-refractivity contribution in [2.75, 3.05) is 10.6 Å². The molecule has 0 aliphatic heterocycles. The van der Waals surface area contributed by atoms with E-state index in [1.165, 1.54) is 37.5 Å². The molecule has 2 N–H and O–H groups in total. The van der Waals surface area contributed by atoms with Crippen molar-refractivity contribution in [3.05, 3.63) is 58.1 Å². The van der Waals surface area contributed by atoms with Gasteiger partial charge in [0.25, 0.3) is 5.91 Å². The van der Waals surface area contributed by atoms with Crippen molar-refractivity contribution in [2.45, 2.75) is 44.9 Å². The van der Waals surface area contributed by atoms with Crippen LogP contribution in [0.25, 0.3) is 11.2 Å². The van der Waals surface area contributed by atoms with Gasteiger partial charge in [-0.15, -0.1) is 11.3 Å². The molecule has 0 saturated heterocycles. The number of alkyl halides is 3. The standard InChI is InChI=1S/C23H21F4N7OS/c1-12(30-19-9-28-17-11-34(33-20(17)32-19)10-13-3-2-4-13)15-7-14(5-6-16(15)24)31-21(35)18-8-29-22(36-18)23(25,26)27/h5-9,11-13H,2-4,10H2,1H3,(H,31,35)(H,30,32,33)/t12-/m0/s1. The molecule has 0 unspecified atom stereocenters. The van der Waals surface area contributed by atoms with Gasteiger partial charge in [0.05, 0.1) is 24.6 Å². The van der Waals surface area contributed by atoms with E-state index in [4.69, 9.17) is 0 Å². The summed E-state index contributed by atoms with van der Waals surface area (Å²) in [5.74, 6) is -0.253. The van der Waals surface area contributed by atoms with E-state index >= 15 is 0 Å². The molecular formula is C23H21F4N7OS. The maximum absolute atomic E-state index is 14.6. The summed E-state index contributed by atoms with van der Waals surface area (Å²) in [4.78, 5) is 24.3. The van der Waals surface area contributed by atoms with Crippen molar-refractivity contribution in [3.8, 4) is 0 Å². The van der Waals surface area contributed by atoms with Crippen LogP contribution in [-0.4, -0.2) is 30.6 Å². The predicted molar refractivity (Wildman–Crippen MR) is 126 cm³/mol. The Morgan fingerprint density at radius 2 is 2.06 bits per heavy atom.